The van der Waals surface area contributed by atoms with Crippen molar-refractivity contribution in [3.63, 3.8) is 0 Å². The average molecular weight is 305 g/mol. The first-order valence-electron chi connectivity index (χ1n) is 6.65. The molecule has 4 nitrogen and oxygen atoms in total. The minimum atomic E-state index is -0.212. The van der Waals surface area contributed by atoms with Crippen LogP contribution in [-0.2, 0) is 22.5 Å². The van der Waals surface area contributed by atoms with Crippen LogP contribution in [0.1, 0.15) is 15.3 Å². The number of thiophene rings is 1. The molecule has 0 unspecified atom stereocenters. The first-order valence-corrected chi connectivity index (χ1v) is 7.47. The largest absolute Gasteiger partial charge is 0.495 e. The van der Waals surface area contributed by atoms with E-state index in [9.17, 15) is 4.79 Å². The number of ether oxygens (including phenoxy) is 2. The van der Waals surface area contributed by atoms with Crippen LogP contribution in [0.3, 0.4) is 0 Å². The summed E-state index contributed by atoms with van der Waals surface area (Å²) >= 11 is 1.61. The SMILES string of the molecule is COC(=O)Cc1ccc(CNc2ccc(C)cc2OC)s1. The second-order valence-corrected chi connectivity index (χ2v) is 5.93. The molecular formula is C16H19NO3S. The van der Waals surface area contributed by atoms with Crippen LogP contribution in [0.15, 0.2) is 30.3 Å². The molecule has 0 amide bonds. The molecule has 0 radical (unpaired) electrons. The van der Waals surface area contributed by atoms with Crippen LogP contribution in [0, 0.1) is 6.92 Å². The number of carbonyl (C=O) groups excluding carboxylic acids is 1. The van der Waals surface area contributed by atoms with Gasteiger partial charge in [-0.25, -0.2) is 0 Å². The fourth-order valence-corrected chi connectivity index (χ4v) is 2.90. The van der Waals surface area contributed by atoms with Crippen molar-refractivity contribution in [2.75, 3.05) is 19.5 Å². The van der Waals surface area contributed by atoms with E-state index < -0.39 is 0 Å². The van der Waals surface area contributed by atoms with E-state index in [2.05, 4.69) is 10.1 Å². The fraction of sp³-hybridized carbons (Fsp3) is 0.312. The third-order valence-corrected chi connectivity index (χ3v) is 4.16. The lowest BCUT2D eigenvalue weighted by atomic mass is 10.2. The first kappa shape index (κ1) is 15.4. The number of esters is 1. The molecule has 2 aromatic rings. The zero-order valence-electron chi connectivity index (χ0n) is 12.4. The molecule has 112 valence electrons. The second-order valence-electron chi connectivity index (χ2n) is 4.68. The summed E-state index contributed by atoms with van der Waals surface area (Å²) in [5.41, 5.74) is 2.12. The van der Waals surface area contributed by atoms with Gasteiger partial charge in [0.05, 0.1) is 26.3 Å². The van der Waals surface area contributed by atoms with E-state index in [0.29, 0.717) is 13.0 Å². The number of hydrogen-bond acceptors (Lipinski definition) is 5. The van der Waals surface area contributed by atoms with Gasteiger partial charge in [0.25, 0.3) is 0 Å². The maximum atomic E-state index is 11.2. The third kappa shape index (κ3) is 4.23. The summed E-state index contributed by atoms with van der Waals surface area (Å²) in [4.78, 5) is 13.4. The van der Waals surface area contributed by atoms with Gasteiger partial charge in [-0.1, -0.05) is 6.07 Å². The van der Waals surface area contributed by atoms with E-state index in [1.165, 1.54) is 7.11 Å². The molecule has 0 aliphatic rings. The molecule has 1 N–H and O–H groups in total. The van der Waals surface area contributed by atoms with Crippen molar-refractivity contribution in [3.05, 3.63) is 45.6 Å². The summed E-state index contributed by atoms with van der Waals surface area (Å²) in [6, 6.07) is 10.0. The molecule has 0 saturated heterocycles. The van der Waals surface area contributed by atoms with Gasteiger partial charge in [-0.15, -0.1) is 11.3 Å². The lowest BCUT2D eigenvalue weighted by molar-refractivity contribution is -0.139. The van der Waals surface area contributed by atoms with Crippen LogP contribution in [-0.4, -0.2) is 20.2 Å². The molecule has 2 rings (SSSR count). The molecule has 0 saturated carbocycles. The summed E-state index contributed by atoms with van der Waals surface area (Å²) < 4.78 is 10.0. The number of nitrogens with one attached hydrogen (secondary N) is 1. The predicted molar refractivity (Wildman–Crippen MR) is 85.1 cm³/mol. The van der Waals surface area contributed by atoms with Crippen molar-refractivity contribution in [1.82, 2.24) is 0 Å². The lowest BCUT2D eigenvalue weighted by Crippen LogP contribution is -2.02. The van der Waals surface area contributed by atoms with E-state index >= 15 is 0 Å². The van der Waals surface area contributed by atoms with Crippen molar-refractivity contribution < 1.29 is 14.3 Å². The predicted octanol–water partition coefficient (Wildman–Crippen LogP) is 3.39. The Bertz CT molecular complexity index is 622. The topological polar surface area (TPSA) is 47.6 Å². The Balaban J connectivity index is 1.98. The van der Waals surface area contributed by atoms with E-state index in [-0.39, 0.29) is 5.97 Å². The minimum absolute atomic E-state index is 0.212. The maximum Gasteiger partial charge on any atom is 0.310 e. The molecule has 0 aliphatic heterocycles. The Morgan fingerprint density at radius 3 is 2.67 bits per heavy atom. The van der Waals surface area contributed by atoms with Crippen LogP contribution in [0.25, 0.3) is 0 Å². The van der Waals surface area contributed by atoms with Gasteiger partial charge in [0.15, 0.2) is 0 Å². The summed E-state index contributed by atoms with van der Waals surface area (Å²) in [7, 11) is 3.07. The number of rotatable bonds is 6. The van der Waals surface area contributed by atoms with Crippen molar-refractivity contribution in [1.29, 1.82) is 0 Å². The van der Waals surface area contributed by atoms with Crippen LogP contribution in [0.2, 0.25) is 0 Å². The van der Waals surface area contributed by atoms with Gasteiger partial charge in [0, 0.05) is 16.3 Å². The molecule has 1 heterocycles. The molecule has 0 aliphatic carbocycles. The number of carbonyl (C=O) groups is 1. The van der Waals surface area contributed by atoms with Gasteiger partial charge in [0.2, 0.25) is 0 Å². The second kappa shape index (κ2) is 7.13. The highest BCUT2D eigenvalue weighted by Crippen LogP contribution is 2.26. The summed E-state index contributed by atoms with van der Waals surface area (Å²) in [5.74, 6) is 0.623. The molecule has 21 heavy (non-hydrogen) atoms. The molecule has 0 bridgehead atoms. The Kier molecular flexibility index (Phi) is 5.22. The number of methoxy groups -OCH3 is 2. The summed E-state index contributed by atoms with van der Waals surface area (Å²) in [5, 5.41) is 3.36. The number of benzene rings is 1. The van der Waals surface area contributed by atoms with E-state index in [4.69, 9.17) is 4.74 Å². The maximum absolute atomic E-state index is 11.2. The molecule has 0 spiro atoms. The Morgan fingerprint density at radius 2 is 1.95 bits per heavy atom. The Labute approximate surface area is 128 Å². The van der Waals surface area contributed by atoms with Crippen LogP contribution >= 0.6 is 11.3 Å². The molecule has 5 heteroatoms. The van der Waals surface area contributed by atoms with Crippen LogP contribution < -0.4 is 10.1 Å². The zero-order valence-corrected chi connectivity index (χ0v) is 13.3. The minimum Gasteiger partial charge on any atom is -0.495 e. The van der Waals surface area contributed by atoms with Gasteiger partial charge in [-0.05, 0) is 36.8 Å². The zero-order chi connectivity index (χ0) is 15.2. The normalized spacial score (nSPS) is 10.2. The number of anilines is 1. The van der Waals surface area contributed by atoms with Crippen molar-refractivity contribution >= 4 is 23.0 Å². The van der Waals surface area contributed by atoms with Crippen molar-refractivity contribution in [2.45, 2.75) is 19.9 Å². The molecule has 0 atom stereocenters. The van der Waals surface area contributed by atoms with Gasteiger partial charge >= 0.3 is 5.97 Å². The van der Waals surface area contributed by atoms with Gasteiger partial charge < -0.3 is 14.8 Å². The molecule has 1 aromatic heterocycles. The van der Waals surface area contributed by atoms with Gasteiger partial charge in [-0.3, -0.25) is 4.79 Å². The van der Waals surface area contributed by atoms with Crippen LogP contribution in [0.5, 0.6) is 5.75 Å². The standard InChI is InChI=1S/C16H19NO3S/c1-11-4-7-14(15(8-11)19-2)17-10-13-6-5-12(21-13)9-16(18)20-3/h4-8,17H,9-10H2,1-3H3. The van der Waals surface area contributed by atoms with E-state index in [1.807, 2.05) is 37.3 Å². The lowest BCUT2D eigenvalue weighted by Gasteiger charge is -2.11. The van der Waals surface area contributed by atoms with Crippen molar-refractivity contribution in [3.8, 4) is 5.75 Å². The fourth-order valence-electron chi connectivity index (χ4n) is 1.95. The third-order valence-electron chi connectivity index (χ3n) is 3.07. The van der Waals surface area contributed by atoms with E-state index in [1.54, 1.807) is 18.4 Å². The Hall–Kier alpha value is -2.01. The highest BCUT2D eigenvalue weighted by Gasteiger charge is 2.07. The molecule has 0 fully saturated rings. The Morgan fingerprint density at radius 1 is 1.19 bits per heavy atom. The molecule has 1 aromatic carbocycles. The summed E-state index contributed by atoms with van der Waals surface area (Å²) in [6.07, 6.45) is 0.328. The van der Waals surface area contributed by atoms with E-state index in [0.717, 1.165) is 26.8 Å². The van der Waals surface area contributed by atoms with Crippen molar-refractivity contribution in [2.24, 2.45) is 0 Å². The quantitative estimate of drug-likeness (QED) is 0.831. The number of hydrogen-bond donors (Lipinski definition) is 1. The molecular weight excluding hydrogens is 286 g/mol. The highest BCUT2D eigenvalue weighted by molar-refractivity contribution is 7.12. The first-order chi connectivity index (χ1) is 10.1. The smallest absolute Gasteiger partial charge is 0.310 e. The van der Waals surface area contributed by atoms with Gasteiger partial charge in [-0.2, -0.15) is 0 Å². The monoisotopic (exact) mass is 305 g/mol. The summed E-state index contributed by atoms with van der Waals surface area (Å²) in [6.45, 7) is 2.73. The average Bonchev–Trinajstić information content (AvgIpc) is 2.93. The highest BCUT2D eigenvalue weighted by atomic mass is 32.1. The van der Waals surface area contributed by atoms with Gasteiger partial charge in [0.1, 0.15) is 5.75 Å². The number of aryl methyl sites for hydroxylation is 1. The van der Waals surface area contributed by atoms with Crippen LogP contribution in [0.4, 0.5) is 5.69 Å².